The van der Waals surface area contributed by atoms with Crippen LogP contribution in [0.2, 0.25) is 5.02 Å². The molecule has 0 aliphatic carbocycles. The molecule has 0 aromatic heterocycles. The van der Waals surface area contributed by atoms with Crippen molar-refractivity contribution in [2.75, 3.05) is 18.4 Å². The van der Waals surface area contributed by atoms with E-state index in [0.717, 1.165) is 31.2 Å². The highest BCUT2D eigenvalue weighted by atomic mass is 35.5. The molecule has 0 bridgehead atoms. The summed E-state index contributed by atoms with van der Waals surface area (Å²) in [6, 6.07) is 11.3. The summed E-state index contributed by atoms with van der Waals surface area (Å²) in [5.74, 6) is -1.37. The Labute approximate surface area is 193 Å². The van der Waals surface area contributed by atoms with Crippen LogP contribution >= 0.6 is 11.6 Å². The van der Waals surface area contributed by atoms with Crippen LogP contribution in [0.25, 0.3) is 0 Å². The summed E-state index contributed by atoms with van der Waals surface area (Å²) in [6.07, 6.45) is 2.37. The van der Waals surface area contributed by atoms with Crippen LogP contribution in [0.1, 0.15) is 49.0 Å². The number of sulfonamides is 1. The number of piperidine rings is 1. The molecule has 9 heteroatoms. The monoisotopic (exact) mass is 478 g/mol. The number of aryl methyl sites for hydroxylation is 1. The van der Waals surface area contributed by atoms with E-state index in [-0.39, 0.29) is 15.5 Å². The molecule has 0 radical (unpaired) electrons. The highest BCUT2D eigenvalue weighted by Gasteiger charge is 2.28. The van der Waals surface area contributed by atoms with Gasteiger partial charge in [-0.15, -0.1) is 0 Å². The van der Waals surface area contributed by atoms with Gasteiger partial charge in [0.05, 0.1) is 15.5 Å². The third-order valence-corrected chi connectivity index (χ3v) is 7.62. The lowest BCUT2D eigenvalue weighted by atomic mass is 10.1. The van der Waals surface area contributed by atoms with Crippen molar-refractivity contribution < 1.29 is 22.7 Å². The topological polar surface area (TPSA) is 92.8 Å². The van der Waals surface area contributed by atoms with E-state index in [2.05, 4.69) is 5.32 Å². The lowest BCUT2D eigenvalue weighted by Crippen LogP contribution is -2.35. The zero-order valence-electron chi connectivity index (χ0n) is 18.1. The third-order valence-electron chi connectivity index (χ3n) is 5.39. The van der Waals surface area contributed by atoms with Crippen LogP contribution in [-0.4, -0.2) is 43.8 Å². The Kier molecular flexibility index (Phi) is 7.92. The van der Waals surface area contributed by atoms with Gasteiger partial charge in [-0.3, -0.25) is 4.79 Å². The van der Waals surface area contributed by atoms with Crippen LogP contribution < -0.4 is 5.32 Å². The maximum absolute atomic E-state index is 12.9. The minimum atomic E-state index is -3.74. The predicted octanol–water partition coefficient (Wildman–Crippen LogP) is 4.26. The largest absolute Gasteiger partial charge is 0.449 e. The molecular formula is C23H27ClN2O5S. The standard InChI is InChI=1S/C23H27ClN2O5S/c1-3-17-7-9-18(10-8-17)25-22(27)16(2)31-23(28)20-15-19(11-12-21(20)24)32(29,30)26-13-5-4-6-14-26/h7-12,15-16H,3-6,13-14H2,1-2H3,(H,25,27)/t16-/m0/s1. The van der Waals surface area contributed by atoms with E-state index in [9.17, 15) is 18.0 Å². The number of nitrogens with zero attached hydrogens (tertiary/aromatic N) is 1. The first-order valence-electron chi connectivity index (χ1n) is 10.6. The van der Waals surface area contributed by atoms with Gasteiger partial charge in [-0.1, -0.05) is 37.1 Å². The Morgan fingerprint density at radius 2 is 1.75 bits per heavy atom. The molecule has 1 fully saturated rings. The van der Waals surface area contributed by atoms with E-state index in [1.54, 1.807) is 12.1 Å². The van der Waals surface area contributed by atoms with Crippen molar-refractivity contribution >= 4 is 39.2 Å². The fourth-order valence-electron chi connectivity index (χ4n) is 3.42. The second-order valence-electron chi connectivity index (χ2n) is 7.69. The number of carbonyl (C=O) groups excluding carboxylic acids is 2. The summed E-state index contributed by atoms with van der Waals surface area (Å²) in [7, 11) is -3.74. The number of hydrogen-bond donors (Lipinski definition) is 1. The van der Waals surface area contributed by atoms with E-state index >= 15 is 0 Å². The number of halogens is 1. The molecule has 1 saturated heterocycles. The van der Waals surface area contributed by atoms with Gasteiger partial charge >= 0.3 is 5.97 Å². The average Bonchev–Trinajstić information content (AvgIpc) is 2.80. The van der Waals surface area contributed by atoms with Crippen molar-refractivity contribution in [1.82, 2.24) is 4.31 Å². The molecule has 1 aliphatic heterocycles. The molecule has 0 unspecified atom stereocenters. The first kappa shape index (κ1) is 24.2. The Balaban J connectivity index is 1.71. The van der Waals surface area contributed by atoms with Gasteiger partial charge in [-0.25, -0.2) is 13.2 Å². The van der Waals surface area contributed by atoms with E-state index in [4.69, 9.17) is 16.3 Å². The lowest BCUT2D eigenvalue weighted by molar-refractivity contribution is -0.123. The maximum Gasteiger partial charge on any atom is 0.340 e. The van der Waals surface area contributed by atoms with E-state index in [0.29, 0.717) is 18.8 Å². The Hall–Kier alpha value is -2.42. The number of esters is 1. The average molecular weight is 479 g/mol. The summed E-state index contributed by atoms with van der Waals surface area (Å²) in [5.41, 5.74) is 1.62. The van der Waals surface area contributed by atoms with Crippen molar-refractivity contribution in [3.05, 3.63) is 58.6 Å². The Morgan fingerprint density at radius 1 is 1.09 bits per heavy atom. The third kappa shape index (κ3) is 5.68. The van der Waals surface area contributed by atoms with Crippen molar-refractivity contribution in [1.29, 1.82) is 0 Å². The van der Waals surface area contributed by atoms with Crippen LogP contribution in [0, 0.1) is 0 Å². The SMILES string of the molecule is CCc1ccc(NC(=O)[C@H](C)OC(=O)c2cc(S(=O)(=O)N3CCCCC3)ccc2Cl)cc1. The second-order valence-corrected chi connectivity index (χ2v) is 10.0. The van der Waals surface area contributed by atoms with E-state index < -0.39 is 28.0 Å². The molecule has 2 aromatic rings. The number of ether oxygens (including phenoxy) is 1. The molecule has 172 valence electrons. The maximum atomic E-state index is 12.9. The first-order chi connectivity index (χ1) is 15.2. The molecule has 7 nitrogen and oxygen atoms in total. The zero-order chi connectivity index (χ0) is 23.3. The number of benzene rings is 2. The Bertz CT molecular complexity index is 1080. The van der Waals surface area contributed by atoms with Gasteiger partial charge < -0.3 is 10.1 Å². The second kappa shape index (κ2) is 10.5. The van der Waals surface area contributed by atoms with Crippen LogP contribution in [0.5, 0.6) is 0 Å². The summed E-state index contributed by atoms with van der Waals surface area (Å²) < 4.78 is 32.5. The molecule has 1 aliphatic rings. The molecular weight excluding hydrogens is 452 g/mol. The van der Waals surface area contributed by atoms with E-state index in [1.807, 2.05) is 19.1 Å². The van der Waals surface area contributed by atoms with Crippen molar-refractivity contribution in [3.8, 4) is 0 Å². The highest BCUT2D eigenvalue weighted by Crippen LogP contribution is 2.26. The van der Waals surface area contributed by atoms with Crippen molar-refractivity contribution in [3.63, 3.8) is 0 Å². The molecule has 2 aromatic carbocycles. The minimum absolute atomic E-state index is 0.0242. The number of amides is 1. The molecule has 3 rings (SSSR count). The van der Waals surface area contributed by atoms with Gasteiger partial charge in [0.1, 0.15) is 0 Å². The normalized spacial score (nSPS) is 15.7. The van der Waals surface area contributed by atoms with Crippen LogP contribution in [0.15, 0.2) is 47.4 Å². The summed E-state index contributed by atoms with van der Waals surface area (Å²) in [5, 5.41) is 2.74. The van der Waals surface area contributed by atoms with E-state index in [1.165, 1.54) is 29.4 Å². The molecule has 1 amide bonds. The van der Waals surface area contributed by atoms with Crippen LogP contribution in [0.3, 0.4) is 0 Å². The van der Waals surface area contributed by atoms with Gasteiger partial charge in [0.25, 0.3) is 5.91 Å². The van der Waals surface area contributed by atoms with Gasteiger partial charge in [-0.2, -0.15) is 4.31 Å². The van der Waals surface area contributed by atoms with Crippen LogP contribution in [0.4, 0.5) is 5.69 Å². The molecule has 1 heterocycles. The molecule has 0 spiro atoms. The van der Waals surface area contributed by atoms with Crippen molar-refractivity contribution in [2.24, 2.45) is 0 Å². The van der Waals surface area contributed by atoms with Crippen molar-refractivity contribution in [2.45, 2.75) is 50.5 Å². The number of nitrogens with one attached hydrogen (secondary N) is 1. The highest BCUT2D eigenvalue weighted by molar-refractivity contribution is 7.89. The van der Waals surface area contributed by atoms with Gasteiger partial charge in [0.15, 0.2) is 6.10 Å². The zero-order valence-corrected chi connectivity index (χ0v) is 19.7. The smallest absolute Gasteiger partial charge is 0.340 e. The summed E-state index contributed by atoms with van der Waals surface area (Å²) >= 11 is 6.14. The molecule has 0 saturated carbocycles. The number of rotatable bonds is 7. The van der Waals surface area contributed by atoms with Gasteiger partial charge in [0.2, 0.25) is 10.0 Å². The molecule has 32 heavy (non-hydrogen) atoms. The number of anilines is 1. The summed E-state index contributed by atoms with van der Waals surface area (Å²) in [6.45, 7) is 4.37. The molecule has 1 atom stereocenters. The lowest BCUT2D eigenvalue weighted by Gasteiger charge is -2.26. The summed E-state index contributed by atoms with van der Waals surface area (Å²) in [4.78, 5) is 25.1. The fraction of sp³-hybridized carbons (Fsp3) is 0.391. The minimum Gasteiger partial charge on any atom is -0.449 e. The van der Waals surface area contributed by atoms with Crippen LogP contribution in [-0.2, 0) is 26.0 Å². The Morgan fingerprint density at radius 3 is 2.38 bits per heavy atom. The number of hydrogen-bond acceptors (Lipinski definition) is 5. The molecule has 1 N–H and O–H groups in total. The number of carbonyl (C=O) groups is 2. The quantitative estimate of drug-likeness (QED) is 0.600. The van der Waals surface area contributed by atoms with Gasteiger partial charge in [-0.05, 0) is 62.1 Å². The van der Waals surface area contributed by atoms with Gasteiger partial charge in [0, 0.05) is 18.8 Å². The first-order valence-corrected chi connectivity index (χ1v) is 12.4. The fourth-order valence-corrected chi connectivity index (χ4v) is 5.16. The predicted molar refractivity (Wildman–Crippen MR) is 123 cm³/mol.